The molecule has 2 aromatic carbocycles. The first-order valence-corrected chi connectivity index (χ1v) is 8.14. The molecule has 0 unspecified atom stereocenters. The van der Waals surface area contributed by atoms with Gasteiger partial charge in [0, 0.05) is 11.6 Å². The Morgan fingerprint density at radius 2 is 1.75 bits per heavy atom. The number of carbonyl (C=O) groups excluding carboxylic acids is 1. The first-order chi connectivity index (χ1) is 11.7. The normalized spacial score (nSPS) is 10.2. The van der Waals surface area contributed by atoms with Crippen LogP contribution in [0.25, 0.3) is 0 Å². The number of carbonyl (C=O) groups is 1. The van der Waals surface area contributed by atoms with Crippen molar-refractivity contribution in [2.75, 3.05) is 19.7 Å². The summed E-state index contributed by atoms with van der Waals surface area (Å²) >= 11 is 5.86. The van der Waals surface area contributed by atoms with E-state index in [2.05, 4.69) is 10.6 Å². The number of nitrogens with one attached hydrogen (secondary N) is 2. The summed E-state index contributed by atoms with van der Waals surface area (Å²) in [5.41, 5.74) is 1.99. The number of benzene rings is 2. The summed E-state index contributed by atoms with van der Waals surface area (Å²) in [6.45, 7) is 1.36. The first-order valence-electron chi connectivity index (χ1n) is 7.76. The summed E-state index contributed by atoms with van der Waals surface area (Å²) in [4.78, 5) is 11.7. The highest BCUT2D eigenvalue weighted by Crippen LogP contribution is 2.16. The lowest BCUT2D eigenvalue weighted by Crippen LogP contribution is -2.38. The van der Waals surface area contributed by atoms with Gasteiger partial charge in [-0.05, 0) is 35.7 Å². The van der Waals surface area contributed by atoms with Crippen LogP contribution in [0.4, 0.5) is 4.79 Å². The van der Waals surface area contributed by atoms with Crippen molar-refractivity contribution in [3.8, 4) is 5.75 Å². The van der Waals surface area contributed by atoms with Crippen molar-refractivity contribution in [1.82, 2.24) is 10.6 Å². The molecule has 0 atom stereocenters. The Morgan fingerprint density at radius 3 is 2.46 bits per heavy atom. The average molecular weight is 349 g/mol. The van der Waals surface area contributed by atoms with Crippen LogP contribution in [-0.4, -0.2) is 30.8 Å². The summed E-state index contributed by atoms with van der Waals surface area (Å²) in [7, 11) is 0. The van der Waals surface area contributed by atoms with Gasteiger partial charge in [-0.1, -0.05) is 41.9 Å². The van der Waals surface area contributed by atoms with Gasteiger partial charge < -0.3 is 20.5 Å². The Bertz CT molecular complexity index is 647. The molecule has 0 aliphatic carbocycles. The lowest BCUT2D eigenvalue weighted by atomic mass is 10.1. The highest BCUT2D eigenvalue weighted by molar-refractivity contribution is 6.30. The molecule has 0 saturated heterocycles. The monoisotopic (exact) mass is 348 g/mol. The van der Waals surface area contributed by atoms with Crippen LogP contribution in [0.3, 0.4) is 0 Å². The van der Waals surface area contributed by atoms with Gasteiger partial charge >= 0.3 is 6.03 Å². The molecule has 0 saturated carbocycles. The van der Waals surface area contributed by atoms with Crippen molar-refractivity contribution in [2.45, 2.75) is 13.0 Å². The molecule has 0 bridgehead atoms. The van der Waals surface area contributed by atoms with Gasteiger partial charge in [-0.15, -0.1) is 0 Å². The third kappa shape index (κ3) is 6.48. The number of ether oxygens (including phenoxy) is 1. The number of halogens is 1. The third-order valence-corrected chi connectivity index (χ3v) is 3.59. The Labute approximate surface area is 146 Å². The van der Waals surface area contributed by atoms with E-state index in [1.54, 1.807) is 12.1 Å². The van der Waals surface area contributed by atoms with Crippen LogP contribution in [0.15, 0.2) is 48.5 Å². The third-order valence-electron chi connectivity index (χ3n) is 3.36. The molecule has 0 fully saturated rings. The number of aliphatic hydroxyl groups excluding tert-OH is 1. The summed E-state index contributed by atoms with van der Waals surface area (Å²) in [5.74, 6) is 0.677. The molecular weight excluding hydrogens is 328 g/mol. The maximum Gasteiger partial charge on any atom is 0.314 e. The highest BCUT2D eigenvalue weighted by Gasteiger charge is 2.01. The van der Waals surface area contributed by atoms with Crippen LogP contribution >= 0.6 is 11.6 Å². The van der Waals surface area contributed by atoms with E-state index in [9.17, 15) is 4.79 Å². The van der Waals surface area contributed by atoms with Gasteiger partial charge in [0.25, 0.3) is 0 Å². The fourth-order valence-corrected chi connectivity index (χ4v) is 2.26. The van der Waals surface area contributed by atoms with Crippen molar-refractivity contribution in [2.24, 2.45) is 0 Å². The lowest BCUT2D eigenvalue weighted by Gasteiger charge is -2.09. The van der Waals surface area contributed by atoms with Crippen molar-refractivity contribution < 1.29 is 14.6 Å². The number of hydrogen-bond acceptors (Lipinski definition) is 3. The smallest absolute Gasteiger partial charge is 0.314 e. The summed E-state index contributed by atoms with van der Waals surface area (Å²) < 4.78 is 5.49. The van der Waals surface area contributed by atoms with Crippen molar-refractivity contribution in [1.29, 1.82) is 0 Å². The molecule has 2 amide bonds. The van der Waals surface area contributed by atoms with Gasteiger partial charge in [-0.3, -0.25) is 0 Å². The topological polar surface area (TPSA) is 70.6 Å². The zero-order chi connectivity index (χ0) is 17.2. The van der Waals surface area contributed by atoms with Crippen molar-refractivity contribution in [3.05, 3.63) is 64.7 Å². The molecule has 2 aromatic rings. The van der Waals surface area contributed by atoms with Gasteiger partial charge in [0.15, 0.2) is 0 Å². The van der Waals surface area contributed by atoms with E-state index in [1.165, 1.54) is 0 Å². The molecule has 0 spiro atoms. The van der Waals surface area contributed by atoms with Crippen LogP contribution in [0.2, 0.25) is 5.02 Å². The minimum Gasteiger partial charge on any atom is -0.492 e. The van der Waals surface area contributed by atoms with Crippen LogP contribution < -0.4 is 15.4 Å². The Kier molecular flexibility index (Phi) is 7.39. The minimum absolute atomic E-state index is 0.0399. The van der Waals surface area contributed by atoms with Gasteiger partial charge in [-0.25, -0.2) is 4.79 Å². The fourth-order valence-electron chi connectivity index (χ4n) is 2.08. The molecule has 0 aromatic heterocycles. The molecule has 24 heavy (non-hydrogen) atoms. The Morgan fingerprint density at radius 1 is 1.04 bits per heavy atom. The minimum atomic E-state index is -0.225. The van der Waals surface area contributed by atoms with Crippen LogP contribution in [-0.2, 0) is 13.0 Å². The van der Waals surface area contributed by atoms with Crippen LogP contribution in [0, 0.1) is 0 Å². The molecule has 128 valence electrons. The number of rotatable bonds is 8. The predicted molar refractivity (Wildman–Crippen MR) is 94.4 cm³/mol. The summed E-state index contributed by atoms with van der Waals surface area (Å²) in [5, 5.41) is 15.1. The molecule has 3 N–H and O–H groups in total. The number of hydrogen-bond donors (Lipinski definition) is 3. The van der Waals surface area contributed by atoms with E-state index in [1.807, 2.05) is 36.4 Å². The van der Waals surface area contributed by atoms with Gasteiger partial charge in [-0.2, -0.15) is 0 Å². The van der Waals surface area contributed by atoms with Crippen LogP contribution in [0.1, 0.15) is 11.1 Å². The second kappa shape index (κ2) is 9.80. The molecule has 0 aliphatic heterocycles. The molecule has 6 heteroatoms. The van der Waals surface area contributed by atoms with E-state index in [0.29, 0.717) is 30.5 Å². The van der Waals surface area contributed by atoms with Crippen LogP contribution in [0.5, 0.6) is 5.75 Å². The molecular formula is C18H21ClN2O3. The molecule has 0 heterocycles. The second-order valence-corrected chi connectivity index (χ2v) is 5.65. The largest absolute Gasteiger partial charge is 0.492 e. The summed E-state index contributed by atoms with van der Waals surface area (Å²) in [6.07, 6.45) is 0.734. The van der Waals surface area contributed by atoms with Gasteiger partial charge in [0.1, 0.15) is 12.4 Å². The Balaban J connectivity index is 1.57. The van der Waals surface area contributed by atoms with E-state index < -0.39 is 0 Å². The predicted octanol–water partition coefficient (Wildman–Crippen LogP) is 2.75. The highest BCUT2D eigenvalue weighted by atomic mass is 35.5. The zero-order valence-electron chi connectivity index (χ0n) is 13.3. The van der Waals surface area contributed by atoms with Gasteiger partial charge in [0.05, 0.1) is 13.2 Å². The molecule has 2 rings (SSSR count). The van der Waals surface area contributed by atoms with E-state index in [4.69, 9.17) is 21.4 Å². The number of amides is 2. The quantitative estimate of drug-likeness (QED) is 0.642. The van der Waals surface area contributed by atoms with Crippen molar-refractivity contribution >= 4 is 17.6 Å². The van der Waals surface area contributed by atoms with E-state index in [-0.39, 0.29) is 12.6 Å². The molecule has 5 nitrogen and oxygen atoms in total. The SMILES string of the molecule is O=C(NCCOc1cccc(Cl)c1)NCCc1ccc(CO)cc1. The fraction of sp³-hybridized carbons (Fsp3) is 0.278. The van der Waals surface area contributed by atoms with E-state index >= 15 is 0 Å². The maximum absolute atomic E-state index is 11.7. The summed E-state index contributed by atoms with van der Waals surface area (Å²) in [6, 6.07) is 14.6. The zero-order valence-corrected chi connectivity index (χ0v) is 14.1. The molecule has 0 aliphatic rings. The number of aliphatic hydroxyl groups is 1. The molecule has 0 radical (unpaired) electrons. The first kappa shape index (κ1) is 18.1. The van der Waals surface area contributed by atoms with Gasteiger partial charge in [0.2, 0.25) is 0 Å². The standard InChI is InChI=1S/C18H21ClN2O3/c19-16-2-1-3-17(12-16)24-11-10-21-18(23)20-9-8-14-4-6-15(13-22)7-5-14/h1-7,12,22H,8-11,13H2,(H2,20,21,23). The Hall–Kier alpha value is -2.24. The average Bonchev–Trinajstić information content (AvgIpc) is 2.59. The van der Waals surface area contributed by atoms with Crippen molar-refractivity contribution in [3.63, 3.8) is 0 Å². The maximum atomic E-state index is 11.7. The van der Waals surface area contributed by atoms with E-state index in [0.717, 1.165) is 17.5 Å². The number of urea groups is 1. The second-order valence-electron chi connectivity index (χ2n) is 5.21. The lowest BCUT2D eigenvalue weighted by molar-refractivity contribution is 0.236.